The van der Waals surface area contributed by atoms with Gasteiger partial charge < -0.3 is 18.6 Å². The number of benzene rings is 1. The zero-order valence-electron chi connectivity index (χ0n) is 14.8. The molecular formula is C19H15NO5S2. The second-order valence-corrected chi connectivity index (χ2v) is 7.33. The van der Waals surface area contributed by atoms with Crippen LogP contribution in [0.5, 0.6) is 17.2 Å². The van der Waals surface area contributed by atoms with Crippen LogP contribution in [0.2, 0.25) is 0 Å². The zero-order chi connectivity index (χ0) is 19.0. The lowest BCUT2D eigenvalue weighted by Gasteiger charge is -2.13. The minimum atomic E-state index is -0.423. The van der Waals surface area contributed by atoms with Crippen LogP contribution in [-0.4, -0.2) is 26.3 Å². The van der Waals surface area contributed by atoms with E-state index in [0.717, 1.165) is 10.4 Å². The fourth-order valence-electron chi connectivity index (χ4n) is 2.82. The van der Waals surface area contributed by atoms with Gasteiger partial charge in [-0.15, -0.1) is 22.7 Å². The average molecular weight is 401 g/mol. The number of hydrogen-bond acceptors (Lipinski definition) is 8. The second-order valence-electron chi connectivity index (χ2n) is 5.53. The minimum Gasteiger partial charge on any atom is -0.493 e. The molecule has 3 heterocycles. The van der Waals surface area contributed by atoms with Crippen molar-refractivity contribution in [2.75, 3.05) is 21.3 Å². The molecule has 0 amide bonds. The molecule has 0 fully saturated rings. The van der Waals surface area contributed by atoms with Crippen molar-refractivity contribution in [1.82, 2.24) is 4.98 Å². The van der Waals surface area contributed by atoms with Gasteiger partial charge in [0.15, 0.2) is 11.5 Å². The van der Waals surface area contributed by atoms with Crippen LogP contribution < -0.4 is 19.8 Å². The molecule has 0 aliphatic heterocycles. The highest BCUT2D eigenvalue weighted by Gasteiger charge is 2.19. The molecule has 0 aliphatic rings. The van der Waals surface area contributed by atoms with Gasteiger partial charge in [0.2, 0.25) is 11.6 Å². The van der Waals surface area contributed by atoms with Gasteiger partial charge in [-0.2, -0.15) is 0 Å². The lowest BCUT2D eigenvalue weighted by Crippen LogP contribution is -2.02. The van der Waals surface area contributed by atoms with E-state index in [0.29, 0.717) is 33.0 Å². The summed E-state index contributed by atoms with van der Waals surface area (Å²) >= 11 is 2.98. The van der Waals surface area contributed by atoms with Crippen molar-refractivity contribution < 1.29 is 18.6 Å². The summed E-state index contributed by atoms with van der Waals surface area (Å²) in [7, 11) is 4.59. The summed E-state index contributed by atoms with van der Waals surface area (Å²) in [6.07, 6.45) is 0. The Kier molecular flexibility index (Phi) is 4.59. The molecule has 6 nitrogen and oxygen atoms in total. The third-order valence-electron chi connectivity index (χ3n) is 4.07. The van der Waals surface area contributed by atoms with Crippen LogP contribution >= 0.6 is 22.7 Å². The number of nitrogens with zero attached hydrogens (tertiary/aromatic N) is 1. The molecule has 3 aromatic heterocycles. The predicted molar refractivity (Wildman–Crippen MR) is 107 cm³/mol. The molecule has 0 unspecified atom stereocenters. The Hall–Kier alpha value is -2.84. The first-order valence-corrected chi connectivity index (χ1v) is 9.68. The van der Waals surface area contributed by atoms with Crippen molar-refractivity contribution in [2.45, 2.75) is 0 Å². The van der Waals surface area contributed by atoms with Gasteiger partial charge in [0.1, 0.15) is 10.2 Å². The lowest BCUT2D eigenvalue weighted by molar-refractivity contribution is 0.324. The molecular weight excluding hydrogens is 386 g/mol. The van der Waals surface area contributed by atoms with Gasteiger partial charge in [0.25, 0.3) is 0 Å². The molecule has 27 heavy (non-hydrogen) atoms. The maximum Gasteiger partial charge on any atom is 0.348 e. The van der Waals surface area contributed by atoms with Gasteiger partial charge >= 0.3 is 5.63 Å². The average Bonchev–Trinajstić information content (AvgIpc) is 3.36. The molecule has 0 radical (unpaired) electrons. The zero-order valence-corrected chi connectivity index (χ0v) is 16.4. The van der Waals surface area contributed by atoms with Crippen molar-refractivity contribution in [1.29, 1.82) is 0 Å². The van der Waals surface area contributed by atoms with Gasteiger partial charge in [-0.25, -0.2) is 9.78 Å². The standard InChI is InChI=1S/C19H15NO5S2/c1-22-12-7-10(8-13(23-2)16(12)24-3)17-20-18-15(19(21)25-17)11(9-27-18)14-5-4-6-26-14/h4-9H,1-3H3. The number of rotatable bonds is 5. The van der Waals surface area contributed by atoms with Gasteiger partial charge in [0.05, 0.1) is 21.3 Å². The van der Waals surface area contributed by atoms with E-state index in [1.807, 2.05) is 22.9 Å². The smallest absolute Gasteiger partial charge is 0.348 e. The normalized spacial score (nSPS) is 10.9. The second kappa shape index (κ2) is 7.05. The van der Waals surface area contributed by atoms with Crippen LogP contribution in [0.3, 0.4) is 0 Å². The highest BCUT2D eigenvalue weighted by atomic mass is 32.1. The molecule has 0 saturated heterocycles. The Balaban J connectivity index is 1.90. The molecule has 1 aromatic carbocycles. The fraction of sp³-hybridized carbons (Fsp3) is 0.158. The third kappa shape index (κ3) is 2.96. The molecule has 0 aliphatic carbocycles. The molecule has 0 N–H and O–H groups in total. The SMILES string of the molecule is COc1cc(-c2nc3scc(-c4cccs4)c3c(=O)o2)cc(OC)c1OC. The van der Waals surface area contributed by atoms with E-state index in [4.69, 9.17) is 18.6 Å². The van der Waals surface area contributed by atoms with E-state index >= 15 is 0 Å². The molecule has 0 atom stereocenters. The highest BCUT2D eigenvalue weighted by Crippen LogP contribution is 2.41. The Bertz CT molecular complexity index is 1140. The van der Waals surface area contributed by atoms with Crippen LogP contribution in [0.25, 0.3) is 32.1 Å². The highest BCUT2D eigenvalue weighted by molar-refractivity contribution is 7.18. The van der Waals surface area contributed by atoms with E-state index in [1.165, 1.54) is 32.7 Å². The van der Waals surface area contributed by atoms with Crippen LogP contribution in [0.15, 0.2) is 44.2 Å². The van der Waals surface area contributed by atoms with E-state index in [2.05, 4.69) is 4.98 Å². The lowest BCUT2D eigenvalue weighted by atomic mass is 10.1. The number of hydrogen-bond donors (Lipinski definition) is 0. The largest absolute Gasteiger partial charge is 0.493 e. The minimum absolute atomic E-state index is 0.200. The third-order valence-corrected chi connectivity index (χ3v) is 5.84. The van der Waals surface area contributed by atoms with E-state index in [9.17, 15) is 4.79 Å². The number of aromatic nitrogens is 1. The summed E-state index contributed by atoms with van der Waals surface area (Å²) in [6.45, 7) is 0. The molecule has 0 saturated carbocycles. The molecule has 4 rings (SSSR count). The summed E-state index contributed by atoms with van der Waals surface area (Å²) < 4.78 is 21.6. The number of ether oxygens (including phenoxy) is 3. The van der Waals surface area contributed by atoms with Gasteiger partial charge in [0, 0.05) is 21.4 Å². The van der Waals surface area contributed by atoms with E-state index in [1.54, 1.807) is 23.5 Å². The summed E-state index contributed by atoms with van der Waals surface area (Å²) in [5.41, 5.74) is 0.991. The number of fused-ring (bicyclic) bond motifs is 1. The van der Waals surface area contributed by atoms with Crippen molar-refractivity contribution in [3.8, 4) is 39.1 Å². The van der Waals surface area contributed by atoms with Gasteiger partial charge in [-0.1, -0.05) is 6.07 Å². The van der Waals surface area contributed by atoms with E-state index < -0.39 is 5.63 Å². The number of thiophene rings is 2. The molecule has 4 aromatic rings. The molecule has 0 bridgehead atoms. The van der Waals surface area contributed by atoms with Crippen molar-refractivity contribution in [2.24, 2.45) is 0 Å². The summed E-state index contributed by atoms with van der Waals surface area (Å²) in [6, 6.07) is 7.32. The Morgan fingerprint density at radius 3 is 2.37 bits per heavy atom. The quantitative estimate of drug-likeness (QED) is 0.484. The topological polar surface area (TPSA) is 70.8 Å². The molecule has 138 valence electrons. The summed E-state index contributed by atoms with van der Waals surface area (Å²) in [4.78, 5) is 18.9. The monoisotopic (exact) mass is 401 g/mol. The van der Waals surface area contributed by atoms with Crippen LogP contribution in [0, 0.1) is 0 Å². The maximum atomic E-state index is 12.7. The van der Waals surface area contributed by atoms with E-state index in [-0.39, 0.29) is 5.89 Å². The van der Waals surface area contributed by atoms with Gasteiger partial charge in [-0.3, -0.25) is 0 Å². The predicted octanol–water partition coefficient (Wildman–Crippen LogP) is 4.67. The molecule has 8 heteroatoms. The first-order valence-electron chi connectivity index (χ1n) is 7.93. The van der Waals surface area contributed by atoms with Crippen LogP contribution in [-0.2, 0) is 0 Å². The summed E-state index contributed by atoms with van der Waals surface area (Å²) in [5.74, 6) is 1.58. The Morgan fingerprint density at radius 2 is 1.78 bits per heavy atom. The van der Waals surface area contributed by atoms with Crippen molar-refractivity contribution >= 4 is 32.9 Å². The van der Waals surface area contributed by atoms with Crippen LogP contribution in [0.1, 0.15) is 0 Å². The first-order chi connectivity index (χ1) is 13.2. The maximum absolute atomic E-state index is 12.7. The Labute approximate surface area is 162 Å². The van der Waals surface area contributed by atoms with Crippen molar-refractivity contribution in [3.05, 3.63) is 45.4 Å². The molecule has 0 spiro atoms. The van der Waals surface area contributed by atoms with Crippen LogP contribution in [0.4, 0.5) is 0 Å². The van der Waals surface area contributed by atoms with Crippen molar-refractivity contribution in [3.63, 3.8) is 0 Å². The number of methoxy groups -OCH3 is 3. The first kappa shape index (κ1) is 17.6. The van der Waals surface area contributed by atoms with Gasteiger partial charge in [-0.05, 0) is 23.6 Å². The Morgan fingerprint density at radius 1 is 1.04 bits per heavy atom. The summed E-state index contributed by atoms with van der Waals surface area (Å²) in [5, 5.41) is 4.40. The fourth-order valence-corrected chi connectivity index (χ4v) is 4.57.